The summed E-state index contributed by atoms with van der Waals surface area (Å²) in [6.07, 6.45) is 9.24. The van der Waals surface area contributed by atoms with Crippen molar-refractivity contribution in [1.82, 2.24) is 14.7 Å². The molecule has 0 spiro atoms. The van der Waals surface area contributed by atoms with Crippen LogP contribution in [0.3, 0.4) is 0 Å². The molecule has 2 aliphatic carbocycles. The quantitative estimate of drug-likeness (QED) is 0.594. The standard InChI is InChI=1S/C28H33N3O2/c1-4-23(32)17-19-5-13-24-27-25(14-6-19)30(28(33)21-7-8-21)16-15-26(27)31(29-24)22-11-9-20(10-12-22)18(2)3/h4,9-12,17-18,21,25H,1,5-8,13-16H2,2-3H3/b19-17+. The number of rotatable bonds is 5. The highest BCUT2D eigenvalue weighted by molar-refractivity contribution is 5.99. The summed E-state index contributed by atoms with van der Waals surface area (Å²) in [5.41, 5.74) is 7.12. The van der Waals surface area contributed by atoms with Gasteiger partial charge in [-0.15, -0.1) is 0 Å². The number of aryl methyl sites for hydroxylation is 1. The number of aromatic nitrogens is 2. The van der Waals surface area contributed by atoms with E-state index in [1.807, 2.05) is 0 Å². The zero-order valence-corrected chi connectivity index (χ0v) is 19.7. The Bertz CT molecular complexity index is 1120. The van der Waals surface area contributed by atoms with E-state index in [-0.39, 0.29) is 17.7 Å². The normalized spacial score (nSPS) is 21.5. The molecule has 1 aromatic heterocycles. The van der Waals surface area contributed by atoms with E-state index in [1.54, 1.807) is 6.08 Å². The van der Waals surface area contributed by atoms with Gasteiger partial charge in [0.2, 0.25) is 5.91 Å². The van der Waals surface area contributed by atoms with E-state index in [4.69, 9.17) is 5.10 Å². The minimum Gasteiger partial charge on any atom is -0.335 e. The van der Waals surface area contributed by atoms with Gasteiger partial charge in [-0.1, -0.05) is 38.1 Å². The van der Waals surface area contributed by atoms with Gasteiger partial charge in [-0.3, -0.25) is 9.59 Å². The predicted octanol–water partition coefficient (Wildman–Crippen LogP) is 5.24. The number of nitrogens with zero attached hydrogens (tertiary/aromatic N) is 3. The number of hydrogen-bond acceptors (Lipinski definition) is 3. The topological polar surface area (TPSA) is 55.2 Å². The molecule has 33 heavy (non-hydrogen) atoms. The molecule has 2 heterocycles. The molecule has 0 N–H and O–H groups in total. The van der Waals surface area contributed by atoms with E-state index in [0.717, 1.165) is 68.4 Å². The van der Waals surface area contributed by atoms with Gasteiger partial charge in [0.15, 0.2) is 5.78 Å². The summed E-state index contributed by atoms with van der Waals surface area (Å²) in [5.74, 6) is 0.956. The molecule has 1 amide bonds. The van der Waals surface area contributed by atoms with Crippen LogP contribution in [-0.4, -0.2) is 32.9 Å². The second kappa shape index (κ2) is 8.77. The molecule has 1 fully saturated rings. The van der Waals surface area contributed by atoms with Gasteiger partial charge in [-0.25, -0.2) is 4.68 Å². The van der Waals surface area contributed by atoms with Crippen molar-refractivity contribution < 1.29 is 9.59 Å². The highest BCUT2D eigenvalue weighted by atomic mass is 16.2. The monoisotopic (exact) mass is 443 g/mol. The first kappa shape index (κ1) is 21.9. The van der Waals surface area contributed by atoms with Crippen LogP contribution < -0.4 is 0 Å². The Kier molecular flexibility index (Phi) is 5.81. The Morgan fingerprint density at radius 3 is 2.48 bits per heavy atom. The predicted molar refractivity (Wildman–Crippen MR) is 129 cm³/mol. The van der Waals surface area contributed by atoms with Gasteiger partial charge in [0.05, 0.1) is 23.1 Å². The number of amides is 1. The summed E-state index contributed by atoms with van der Waals surface area (Å²) in [6, 6.07) is 8.75. The fourth-order valence-electron chi connectivity index (χ4n) is 5.34. The van der Waals surface area contributed by atoms with Crippen molar-refractivity contribution in [2.45, 2.75) is 70.8 Å². The molecule has 5 heteroatoms. The Balaban J connectivity index is 1.56. The van der Waals surface area contributed by atoms with Gasteiger partial charge in [0, 0.05) is 24.4 Å². The Labute approximate surface area is 196 Å². The fraction of sp³-hybridized carbons (Fsp3) is 0.464. The molecule has 1 saturated carbocycles. The molecule has 5 nitrogen and oxygen atoms in total. The average Bonchev–Trinajstić information content (AvgIpc) is 3.60. The lowest BCUT2D eigenvalue weighted by atomic mass is 9.85. The van der Waals surface area contributed by atoms with Crippen molar-refractivity contribution >= 4 is 11.7 Å². The number of hydrogen-bond donors (Lipinski definition) is 0. The molecule has 0 saturated heterocycles. The van der Waals surface area contributed by atoms with Crippen LogP contribution in [0.5, 0.6) is 0 Å². The maximum Gasteiger partial charge on any atom is 0.226 e. The van der Waals surface area contributed by atoms with Gasteiger partial charge < -0.3 is 4.90 Å². The van der Waals surface area contributed by atoms with Crippen molar-refractivity contribution in [3.63, 3.8) is 0 Å². The number of carbonyl (C=O) groups is 2. The Hall–Kier alpha value is -2.95. The van der Waals surface area contributed by atoms with Crippen LogP contribution in [0.2, 0.25) is 0 Å². The van der Waals surface area contributed by atoms with Crippen LogP contribution in [0.1, 0.15) is 80.4 Å². The zero-order valence-electron chi connectivity index (χ0n) is 19.7. The highest BCUT2D eigenvalue weighted by Crippen LogP contribution is 2.43. The smallest absolute Gasteiger partial charge is 0.226 e. The molecule has 1 unspecified atom stereocenters. The molecule has 1 aliphatic heterocycles. The van der Waals surface area contributed by atoms with E-state index in [0.29, 0.717) is 11.8 Å². The Morgan fingerprint density at radius 1 is 1.06 bits per heavy atom. The SMILES string of the molecule is C=CC(=O)/C=C1\CCc2nn(-c3ccc(C(C)C)cc3)c3c2C(CC1)N(C(=O)C1CC1)CC3. The minimum absolute atomic E-state index is 0.0445. The van der Waals surface area contributed by atoms with Crippen molar-refractivity contribution in [2.24, 2.45) is 5.92 Å². The van der Waals surface area contributed by atoms with Crippen LogP contribution in [0.15, 0.2) is 48.6 Å². The molecule has 1 aromatic carbocycles. The number of ketones is 1. The van der Waals surface area contributed by atoms with Crippen LogP contribution in [0, 0.1) is 5.92 Å². The summed E-state index contributed by atoms with van der Waals surface area (Å²) in [4.78, 5) is 27.3. The second-order valence-electron chi connectivity index (χ2n) is 9.98. The molecule has 5 rings (SSSR count). The lowest BCUT2D eigenvalue weighted by Gasteiger charge is -2.38. The number of benzene rings is 1. The van der Waals surface area contributed by atoms with Gasteiger partial charge in [0.25, 0.3) is 0 Å². The van der Waals surface area contributed by atoms with E-state index >= 15 is 0 Å². The summed E-state index contributed by atoms with van der Waals surface area (Å²) >= 11 is 0. The molecular formula is C28H33N3O2. The third-order valence-electron chi connectivity index (χ3n) is 7.38. The number of allylic oxidation sites excluding steroid dienone is 3. The van der Waals surface area contributed by atoms with Gasteiger partial charge in [-0.05, 0) is 74.3 Å². The summed E-state index contributed by atoms with van der Waals surface area (Å²) in [7, 11) is 0. The molecule has 2 aromatic rings. The molecule has 0 bridgehead atoms. The van der Waals surface area contributed by atoms with E-state index < -0.39 is 0 Å². The van der Waals surface area contributed by atoms with Crippen molar-refractivity contribution in [3.8, 4) is 5.69 Å². The average molecular weight is 444 g/mol. The Morgan fingerprint density at radius 2 is 1.82 bits per heavy atom. The third kappa shape index (κ3) is 4.21. The van der Waals surface area contributed by atoms with Crippen molar-refractivity contribution in [2.75, 3.05) is 6.54 Å². The van der Waals surface area contributed by atoms with Crippen LogP contribution in [0.4, 0.5) is 0 Å². The fourth-order valence-corrected chi connectivity index (χ4v) is 5.34. The molecule has 3 aliphatic rings. The van der Waals surface area contributed by atoms with Crippen molar-refractivity contribution in [3.05, 3.63) is 71.1 Å². The van der Waals surface area contributed by atoms with Crippen LogP contribution in [0.25, 0.3) is 5.69 Å². The summed E-state index contributed by atoms with van der Waals surface area (Å²) < 4.78 is 2.12. The lowest BCUT2D eigenvalue weighted by Crippen LogP contribution is -2.41. The van der Waals surface area contributed by atoms with Gasteiger partial charge in [-0.2, -0.15) is 5.10 Å². The summed E-state index contributed by atoms with van der Waals surface area (Å²) in [6.45, 7) is 8.76. The number of carbonyl (C=O) groups excluding carboxylic acids is 2. The van der Waals surface area contributed by atoms with E-state index in [9.17, 15) is 9.59 Å². The third-order valence-corrected chi connectivity index (χ3v) is 7.38. The highest BCUT2D eigenvalue weighted by Gasteiger charge is 2.41. The summed E-state index contributed by atoms with van der Waals surface area (Å²) in [5, 5.41) is 5.09. The second-order valence-corrected chi connectivity index (χ2v) is 9.98. The molecular weight excluding hydrogens is 410 g/mol. The van der Waals surface area contributed by atoms with Crippen molar-refractivity contribution in [1.29, 1.82) is 0 Å². The zero-order chi connectivity index (χ0) is 23.1. The first-order valence-electron chi connectivity index (χ1n) is 12.3. The van der Waals surface area contributed by atoms with Crippen LogP contribution >= 0.6 is 0 Å². The van der Waals surface area contributed by atoms with Gasteiger partial charge in [0.1, 0.15) is 0 Å². The maximum atomic E-state index is 13.2. The molecule has 1 atom stereocenters. The molecule has 0 radical (unpaired) electrons. The lowest BCUT2D eigenvalue weighted by molar-refractivity contribution is -0.135. The van der Waals surface area contributed by atoms with E-state index in [2.05, 4.69) is 54.3 Å². The van der Waals surface area contributed by atoms with E-state index in [1.165, 1.54) is 22.9 Å². The van der Waals surface area contributed by atoms with Gasteiger partial charge >= 0.3 is 0 Å². The minimum atomic E-state index is -0.0446. The largest absolute Gasteiger partial charge is 0.335 e. The maximum absolute atomic E-state index is 13.2. The molecule has 172 valence electrons. The first-order valence-corrected chi connectivity index (χ1v) is 12.3. The van der Waals surface area contributed by atoms with Crippen LogP contribution in [-0.2, 0) is 22.4 Å². The first-order chi connectivity index (χ1) is 16.0.